The lowest BCUT2D eigenvalue weighted by atomic mass is 9.93. The van der Waals surface area contributed by atoms with E-state index >= 15 is 0 Å². The van der Waals surface area contributed by atoms with Crippen LogP contribution in [0.25, 0.3) is 0 Å². The van der Waals surface area contributed by atoms with Crippen molar-refractivity contribution in [1.29, 1.82) is 0 Å². The van der Waals surface area contributed by atoms with Crippen molar-refractivity contribution in [2.24, 2.45) is 11.8 Å². The van der Waals surface area contributed by atoms with E-state index in [-0.39, 0.29) is 11.9 Å². The molecule has 0 aliphatic carbocycles. The molecule has 0 aromatic carbocycles. The molecule has 7 heteroatoms. The van der Waals surface area contributed by atoms with Gasteiger partial charge in [0.2, 0.25) is 11.9 Å². The van der Waals surface area contributed by atoms with Crippen molar-refractivity contribution in [3.63, 3.8) is 0 Å². The number of piperidine rings is 2. The number of rotatable bonds is 2. The molecule has 3 heterocycles. The molecule has 1 aromatic heterocycles. The highest BCUT2D eigenvalue weighted by Crippen LogP contribution is 2.26. The van der Waals surface area contributed by atoms with E-state index in [0.29, 0.717) is 17.0 Å². The molecule has 23 heavy (non-hydrogen) atoms. The summed E-state index contributed by atoms with van der Waals surface area (Å²) in [5, 5.41) is 0.355. The quantitative estimate of drug-likeness (QED) is 0.837. The number of hydrogen-bond donors (Lipinski definition) is 1. The minimum atomic E-state index is 0.131. The molecule has 0 radical (unpaired) electrons. The van der Waals surface area contributed by atoms with E-state index in [9.17, 15) is 4.79 Å². The molecule has 1 atom stereocenters. The first-order valence-electron chi connectivity index (χ1n) is 8.36. The largest absolute Gasteiger partial charge is 0.368 e. The lowest BCUT2D eigenvalue weighted by molar-refractivity contribution is -0.137. The Morgan fingerprint density at radius 3 is 2.65 bits per heavy atom. The third-order valence-electron chi connectivity index (χ3n) is 4.84. The van der Waals surface area contributed by atoms with Gasteiger partial charge in [-0.2, -0.15) is 4.98 Å². The van der Waals surface area contributed by atoms with Crippen LogP contribution in [0.1, 0.15) is 32.6 Å². The molecule has 2 N–H and O–H groups in total. The van der Waals surface area contributed by atoms with Gasteiger partial charge in [-0.15, -0.1) is 0 Å². The van der Waals surface area contributed by atoms with Gasteiger partial charge in [0.15, 0.2) is 0 Å². The van der Waals surface area contributed by atoms with Gasteiger partial charge in [-0.1, -0.05) is 18.5 Å². The summed E-state index contributed by atoms with van der Waals surface area (Å²) in [6.07, 6.45) is 4.07. The van der Waals surface area contributed by atoms with E-state index in [4.69, 9.17) is 17.3 Å². The second kappa shape index (κ2) is 6.91. The number of likely N-dealkylation sites (tertiary alicyclic amines) is 1. The maximum absolute atomic E-state index is 12.7. The van der Waals surface area contributed by atoms with Gasteiger partial charge in [-0.25, -0.2) is 4.98 Å². The fourth-order valence-electron chi connectivity index (χ4n) is 3.59. The fraction of sp³-hybridized carbons (Fsp3) is 0.688. The smallest absolute Gasteiger partial charge is 0.225 e. The predicted molar refractivity (Wildman–Crippen MR) is 91.4 cm³/mol. The highest BCUT2D eigenvalue weighted by atomic mass is 35.5. The number of aromatic nitrogens is 2. The molecule has 1 aromatic rings. The topological polar surface area (TPSA) is 75.4 Å². The van der Waals surface area contributed by atoms with Crippen molar-refractivity contribution < 1.29 is 4.79 Å². The minimum absolute atomic E-state index is 0.131. The summed E-state index contributed by atoms with van der Waals surface area (Å²) in [7, 11) is 0. The van der Waals surface area contributed by atoms with Crippen LogP contribution in [0.2, 0.25) is 5.15 Å². The molecule has 1 unspecified atom stereocenters. The average molecular weight is 338 g/mol. The third kappa shape index (κ3) is 3.86. The molecule has 6 nitrogen and oxygen atoms in total. The second-order valence-electron chi connectivity index (χ2n) is 6.70. The van der Waals surface area contributed by atoms with Gasteiger partial charge in [-0.05, 0) is 31.6 Å². The summed E-state index contributed by atoms with van der Waals surface area (Å²) in [5.74, 6) is 2.02. The monoisotopic (exact) mass is 337 g/mol. The van der Waals surface area contributed by atoms with Crippen LogP contribution < -0.4 is 10.6 Å². The summed E-state index contributed by atoms with van der Waals surface area (Å²) in [6.45, 7) is 5.66. The number of nitrogens with zero attached hydrogens (tertiary/aromatic N) is 4. The van der Waals surface area contributed by atoms with E-state index in [1.54, 1.807) is 6.07 Å². The first-order valence-corrected chi connectivity index (χ1v) is 8.74. The van der Waals surface area contributed by atoms with Crippen LogP contribution in [0.15, 0.2) is 6.07 Å². The third-order valence-corrected chi connectivity index (χ3v) is 5.03. The molecule has 2 saturated heterocycles. The van der Waals surface area contributed by atoms with E-state index in [1.165, 1.54) is 6.42 Å². The first-order chi connectivity index (χ1) is 11.0. The van der Waals surface area contributed by atoms with Crippen molar-refractivity contribution >= 4 is 29.3 Å². The van der Waals surface area contributed by atoms with Crippen molar-refractivity contribution in [2.45, 2.75) is 32.6 Å². The summed E-state index contributed by atoms with van der Waals surface area (Å²) in [6, 6.07) is 1.73. The van der Waals surface area contributed by atoms with E-state index in [1.807, 2.05) is 0 Å². The van der Waals surface area contributed by atoms with Gasteiger partial charge in [-0.3, -0.25) is 4.79 Å². The number of amides is 1. The number of hydrogen-bond acceptors (Lipinski definition) is 5. The van der Waals surface area contributed by atoms with Gasteiger partial charge in [0, 0.05) is 38.2 Å². The van der Waals surface area contributed by atoms with Crippen LogP contribution >= 0.6 is 11.6 Å². The van der Waals surface area contributed by atoms with E-state index < -0.39 is 0 Å². The van der Waals surface area contributed by atoms with Crippen LogP contribution in [0.3, 0.4) is 0 Å². The Labute approximate surface area is 142 Å². The van der Waals surface area contributed by atoms with Gasteiger partial charge in [0.25, 0.3) is 0 Å². The van der Waals surface area contributed by atoms with Crippen molar-refractivity contribution in [3.8, 4) is 0 Å². The molecule has 1 amide bonds. The van der Waals surface area contributed by atoms with Gasteiger partial charge in [0.05, 0.1) is 0 Å². The predicted octanol–water partition coefficient (Wildman–Crippen LogP) is 2.19. The molecule has 126 valence electrons. The summed E-state index contributed by atoms with van der Waals surface area (Å²) in [4.78, 5) is 25.0. The highest BCUT2D eigenvalue weighted by Gasteiger charge is 2.31. The number of nitrogens with two attached hydrogens (primary N) is 1. The SMILES string of the molecule is CC1CCCN(C(=O)C2CCN(c3cc(Cl)nc(N)n3)CC2)C1. The lowest BCUT2D eigenvalue weighted by Crippen LogP contribution is -2.46. The zero-order chi connectivity index (χ0) is 16.4. The Hall–Kier alpha value is -1.56. The zero-order valence-electron chi connectivity index (χ0n) is 13.5. The molecule has 0 bridgehead atoms. The maximum Gasteiger partial charge on any atom is 0.225 e. The molecule has 0 saturated carbocycles. The number of carbonyl (C=O) groups excluding carboxylic acids is 1. The van der Waals surface area contributed by atoms with Crippen LogP contribution in [0.4, 0.5) is 11.8 Å². The average Bonchev–Trinajstić information content (AvgIpc) is 2.53. The molecular weight excluding hydrogens is 314 g/mol. The van der Waals surface area contributed by atoms with Crippen molar-refractivity contribution in [3.05, 3.63) is 11.2 Å². The van der Waals surface area contributed by atoms with Crippen LogP contribution in [-0.2, 0) is 4.79 Å². The second-order valence-corrected chi connectivity index (χ2v) is 7.09. The fourth-order valence-corrected chi connectivity index (χ4v) is 3.77. The van der Waals surface area contributed by atoms with Crippen LogP contribution in [0.5, 0.6) is 0 Å². The molecule has 2 fully saturated rings. The Balaban J connectivity index is 1.58. The van der Waals surface area contributed by atoms with Gasteiger partial charge < -0.3 is 15.5 Å². The van der Waals surface area contributed by atoms with Crippen LogP contribution in [0, 0.1) is 11.8 Å². The molecule has 3 rings (SSSR count). The minimum Gasteiger partial charge on any atom is -0.368 e. The molecule has 0 spiro atoms. The highest BCUT2D eigenvalue weighted by molar-refractivity contribution is 6.29. The Morgan fingerprint density at radius 1 is 1.26 bits per heavy atom. The summed E-state index contributed by atoms with van der Waals surface area (Å²) in [5.41, 5.74) is 5.66. The van der Waals surface area contributed by atoms with Gasteiger partial charge >= 0.3 is 0 Å². The zero-order valence-corrected chi connectivity index (χ0v) is 14.3. The standard InChI is InChI=1S/C16H24ClN5O/c1-11-3-2-6-22(10-11)15(23)12-4-7-21(8-5-12)14-9-13(17)19-16(18)20-14/h9,11-12H,2-8,10H2,1H3,(H2,18,19,20). The molecule has 2 aliphatic rings. The Bertz CT molecular complexity index is 553. The first kappa shape index (κ1) is 16.3. The van der Waals surface area contributed by atoms with E-state index in [0.717, 1.165) is 51.3 Å². The number of halogens is 1. The number of nitrogen functional groups attached to an aromatic ring is 1. The summed E-state index contributed by atoms with van der Waals surface area (Å²) >= 11 is 5.95. The van der Waals surface area contributed by atoms with Gasteiger partial charge in [0.1, 0.15) is 11.0 Å². The van der Waals surface area contributed by atoms with E-state index in [2.05, 4.69) is 26.7 Å². The summed E-state index contributed by atoms with van der Waals surface area (Å²) < 4.78 is 0. The Kier molecular flexibility index (Phi) is 4.90. The van der Waals surface area contributed by atoms with Crippen molar-refractivity contribution in [1.82, 2.24) is 14.9 Å². The maximum atomic E-state index is 12.7. The number of carbonyl (C=O) groups is 1. The molecular formula is C16H24ClN5O. The molecule has 2 aliphatic heterocycles. The number of anilines is 2. The lowest BCUT2D eigenvalue weighted by Gasteiger charge is -2.37. The van der Waals surface area contributed by atoms with Crippen molar-refractivity contribution in [2.75, 3.05) is 36.8 Å². The normalized spacial score (nSPS) is 23.1. The van der Waals surface area contributed by atoms with Crippen LogP contribution in [-0.4, -0.2) is 47.0 Å². The Morgan fingerprint density at radius 2 is 2.00 bits per heavy atom.